The number of anilines is 1. The molecule has 0 saturated heterocycles. The topological polar surface area (TPSA) is 41.1 Å². The van der Waals surface area contributed by atoms with E-state index < -0.39 is 0 Å². The second-order valence-corrected chi connectivity index (χ2v) is 4.32. The zero-order valence-electron chi connectivity index (χ0n) is 10.1. The Morgan fingerprint density at radius 1 is 1.38 bits per heavy atom. The lowest BCUT2D eigenvalue weighted by Crippen LogP contribution is -2.16. The predicted octanol–water partition coefficient (Wildman–Crippen LogP) is 2.06. The van der Waals surface area contributed by atoms with Gasteiger partial charge in [0.2, 0.25) is 0 Å². The summed E-state index contributed by atoms with van der Waals surface area (Å²) in [6.45, 7) is 3.97. The number of rotatable bonds is 6. The van der Waals surface area contributed by atoms with Crippen molar-refractivity contribution in [1.82, 2.24) is 14.9 Å². The highest BCUT2D eigenvalue weighted by Gasteiger charge is 2.01. The summed E-state index contributed by atoms with van der Waals surface area (Å²) in [5.41, 5.74) is 0. The first-order chi connectivity index (χ1) is 7.61. The number of aryl methyl sites for hydroxylation is 1. The van der Waals surface area contributed by atoms with Gasteiger partial charge in [0.1, 0.15) is 16.8 Å². The Morgan fingerprint density at radius 2 is 2.12 bits per heavy atom. The second-order valence-electron chi connectivity index (χ2n) is 3.93. The van der Waals surface area contributed by atoms with Crippen LogP contribution in [-0.4, -0.2) is 42.1 Å². The molecule has 1 aromatic rings. The third-order valence-corrected chi connectivity index (χ3v) is 2.34. The van der Waals surface area contributed by atoms with E-state index in [1.807, 2.05) is 6.92 Å². The van der Waals surface area contributed by atoms with Crippen LogP contribution in [0.15, 0.2) is 6.07 Å². The zero-order chi connectivity index (χ0) is 12.0. The predicted molar refractivity (Wildman–Crippen MR) is 68.1 cm³/mol. The van der Waals surface area contributed by atoms with Crippen molar-refractivity contribution in [2.75, 3.05) is 32.5 Å². The molecule has 1 heterocycles. The van der Waals surface area contributed by atoms with Gasteiger partial charge >= 0.3 is 0 Å². The van der Waals surface area contributed by atoms with Crippen molar-refractivity contribution in [3.63, 3.8) is 0 Å². The summed E-state index contributed by atoms with van der Waals surface area (Å²) in [6.07, 6.45) is 1.88. The average Bonchev–Trinajstić information content (AvgIpc) is 2.23. The molecule has 5 heteroatoms. The fraction of sp³-hybridized carbons (Fsp3) is 0.636. The standard InChI is InChI=1S/C11H19ClN4/c1-4-10-14-9(12)8-11(15-10)13-6-5-7-16(2)3/h8H,4-7H2,1-3H3,(H,13,14,15). The summed E-state index contributed by atoms with van der Waals surface area (Å²) in [5, 5.41) is 3.76. The van der Waals surface area contributed by atoms with Gasteiger partial charge in [-0.1, -0.05) is 18.5 Å². The highest BCUT2D eigenvalue weighted by molar-refractivity contribution is 6.29. The minimum absolute atomic E-state index is 0.502. The molecule has 0 aliphatic carbocycles. The SMILES string of the molecule is CCc1nc(Cl)cc(NCCCN(C)C)n1. The number of nitrogens with one attached hydrogen (secondary N) is 1. The first-order valence-electron chi connectivity index (χ1n) is 5.54. The molecule has 1 rings (SSSR count). The Hall–Kier alpha value is -0.870. The molecular weight excluding hydrogens is 224 g/mol. The molecule has 0 bridgehead atoms. The van der Waals surface area contributed by atoms with E-state index >= 15 is 0 Å². The first kappa shape index (κ1) is 13.2. The van der Waals surface area contributed by atoms with Gasteiger partial charge < -0.3 is 10.2 Å². The summed E-state index contributed by atoms with van der Waals surface area (Å²) in [4.78, 5) is 10.6. The van der Waals surface area contributed by atoms with Crippen molar-refractivity contribution < 1.29 is 0 Å². The Kier molecular flexibility index (Phi) is 5.49. The molecular formula is C11H19ClN4. The number of aromatic nitrogens is 2. The van der Waals surface area contributed by atoms with Crippen LogP contribution in [0.1, 0.15) is 19.2 Å². The summed E-state index contributed by atoms with van der Waals surface area (Å²) in [6, 6.07) is 1.76. The lowest BCUT2D eigenvalue weighted by Gasteiger charge is -2.10. The molecule has 1 aromatic heterocycles. The molecule has 0 spiro atoms. The highest BCUT2D eigenvalue weighted by atomic mass is 35.5. The number of hydrogen-bond donors (Lipinski definition) is 1. The van der Waals surface area contributed by atoms with Crippen LogP contribution in [0.2, 0.25) is 5.15 Å². The van der Waals surface area contributed by atoms with E-state index in [-0.39, 0.29) is 0 Å². The minimum atomic E-state index is 0.502. The third-order valence-electron chi connectivity index (χ3n) is 2.15. The van der Waals surface area contributed by atoms with Gasteiger partial charge in [-0.15, -0.1) is 0 Å². The van der Waals surface area contributed by atoms with E-state index in [4.69, 9.17) is 11.6 Å². The van der Waals surface area contributed by atoms with Crippen LogP contribution in [0.5, 0.6) is 0 Å². The third kappa shape index (κ3) is 4.77. The molecule has 0 amide bonds. The maximum atomic E-state index is 5.89. The summed E-state index contributed by atoms with van der Waals surface area (Å²) in [7, 11) is 4.13. The molecule has 4 nitrogen and oxygen atoms in total. The van der Waals surface area contributed by atoms with Gasteiger partial charge in [-0.2, -0.15) is 0 Å². The molecule has 90 valence electrons. The van der Waals surface area contributed by atoms with Crippen LogP contribution in [0, 0.1) is 0 Å². The van der Waals surface area contributed by atoms with Crippen LogP contribution in [0.3, 0.4) is 0 Å². The molecule has 0 aromatic carbocycles. The van der Waals surface area contributed by atoms with Crippen LogP contribution in [-0.2, 0) is 6.42 Å². The summed E-state index contributed by atoms with van der Waals surface area (Å²) in [5.74, 6) is 1.60. The van der Waals surface area contributed by atoms with Crippen molar-refractivity contribution in [3.8, 4) is 0 Å². The first-order valence-corrected chi connectivity index (χ1v) is 5.91. The van der Waals surface area contributed by atoms with Crippen molar-refractivity contribution >= 4 is 17.4 Å². The lowest BCUT2D eigenvalue weighted by molar-refractivity contribution is 0.405. The molecule has 0 saturated carbocycles. The number of halogens is 1. The Balaban J connectivity index is 2.44. The Bertz CT molecular complexity index is 328. The van der Waals surface area contributed by atoms with Crippen LogP contribution >= 0.6 is 11.6 Å². The van der Waals surface area contributed by atoms with E-state index in [2.05, 4.69) is 34.3 Å². The zero-order valence-corrected chi connectivity index (χ0v) is 10.9. The Morgan fingerprint density at radius 3 is 2.75 bits per heavy atom. The van der Waals surface area contributed by atoms with E-state index in [1.165, 1.54) is 0 Å². The molecule has 0 aliphatic rings. The maximum Gasteiger partial charge on any atom is 0.134 e. The molecule has 16 heavy (non-hydrogen) atoms. The van der Waals surface area contributed by atoms with Gasteiger partial charge in [-0.05, 0) is 27.1 Å². The highest BCUT2D eigenvalue weighted by Crippen LogP contribution is 2.11. The number of hydrogen-bond acceptors (Lipinski definition) is 4. The van der Waals surface area contributed by atoms with Crippen LogP contribution in [0.25, 0.3) is 0 Å². The van der Waals surface area contributed by atoms with Crippen LogP contribution < -0.4 is 5.32 Å². The van der Waals surface area contributed by atoms with Crippen LogP contribution in [0.4, 0.5) is 5.82 Å². The van der Waals surface area contributed by atoms with E-state index in [0.29, 0.717) is 5.15 Å². The molecule has 0 fully saturated rings. The average molecular weight is 243 g/mol. The molecule has 1 N–H and O–H groups in total. The van der Waals surface area contributed by atoms with E-state index in [1.54, 1.807) is 6.07 Å². The monoisotopic (exact) mass is 242 g/mol. The van der Waals surface area contributed by atoms with E-state index in [0.717, 1.165) is 37.6 Å². The van der Waals surface area contributed by atoms with Gasteiger partial charge in [-0.3, -0.25) is 0 Å². The maximum absolute atomic E-state index is 5.89. The Labute approximate surface area is 102 Å². The van der Waals surface area contributed by atoms with E-state index in [9.17, 15) is 0 Å². The van der Waals surface area contributed by atoms with Gasteiger partial charge in [0.15, 0.2) is 0 Å². The second kappa shape index (κ2) is 6.66. The minimum Gasteiger partial charge on any atom is -0.370 e. The van der Waals surface area contributed by atoms with Gasteiger partial charge in [-0.25, -0.2) is 9.97 Å². The molecule has 0 atom stereocenters. The summed E-state index contributed by atoms with van der Waals surface area (Å²) >= 11 is 5.89. The smallest absolute Gasteiger partial charge is 0.134 e. The molecule has 0 unspecified atom stereocenters. The normalized spacial score (nSPS) is 10.8. The van der Waals surface area contributed by atoms with Crippen molar-refractivity contribution in [3.05, 3.63) is 17.0 Å². The fourth-order valence-electron chi connectivity index (χ4n) is 1.33. The van der Waals surface area contributed by atoms with Gasteiger partial charge in [0.05, 0.1) is 0 Å². The van der Waals surface area contributed by atoms with Crippen molar-refractivity contribution in [2.24, 2.45) is 0 Å². The lowest BCUT2D eigenvalue weighted by atomic mass is 10.4. The van der Waals surface area contributed by atoms with Gasteiger partial charge in [0.25, 0.3) is 0 Å². The largest absolute Gasteiger partial charge is 0.370 e. The van der Waals surface area contributed by atoms with Crippen molar-refractivity contribution in [2.45, 2.75) is 19.8 Å². The fourth-order valence-corrected chi connectivity index (χ4v) is 1.53. The summed E-state index contributed by atoms with van der Waals surface area (Å²) < 4.78 is 0. The van der Waals surface area contributed by atoms with Gasteiger partial charge in [0, 0.05) is 19.0 Å². The number of nitrogens with zero attached hydrogens (tertiary/aromatic N) is 3. The molecule has 0 radical (unpaired) electrons. The molecule has 0 aliphatic heterocycles. The quantitative estimate of drug-likeness (QED) is 0.613. The van der Waals surface area contributed by atoms with Crippen molar-refractivity contribution in [1.29, 1.82) is 0 Å².